The third kappa shape index (κ3) is 3.11. The molecule has 6 nitrogen and oxygen atoms in total. The molecule has 0 N–H and O–H groups in total. The predicted molar refractivity (Wildman–Crippen MR) is 84.0 cm³/mol. The number of thiazole rings is 1. The van der Waals surface area contributed by atoms with Crippen LogP contribution in [0.3, 0.4) is 0 Å². The number of fused-ring (bicyclic) bond motifs is 1. The number of ether oxygens (including phenoxy) is 2. The maximum absolute atomic E-state index is 12.4. The minimum absolute atomic E-state index is 0.0163. The number of likely N-dealkylation sites (tertiary alicyclic amines) is 1. The number of hydrogen-bond donors (Lipinski definition) is 0. The molecule has 0 saturated carbocycles. The molecule has 3 atom stereocenters. The number of nitrogens with zero attached hydrogens (tertiary/aromatic N) is 3. The van der Waals surface area contributed by atoms with Crippen molar-refractivity contribution in [1.29, 1.82) is 0 Å². The van der Waals surface area contributed by atoms with Gasteiger partial charge in [0.15, 0.2) is 0 Å². The van der Waals surface area contributed by atoms with Crippen molar-refractivity contribution in [1.82, 2.24) is 14.8 Å². The van der Waals surface area contributed by atoms with Crippen LogP contribution in [-0.2, 0) is 16.1 Å². The molecule has 0 aromatic carbocycles. The number of aromatic nitrogens is 1. The number of amides is 2. The van der Waals surface area contributed by atoms with Crippen LogP contribution < -0.4 is 0 Å². The zero-order valence-electron chi connectivity index (χ0n) is 13.3. The van der Waals surface area contributed by atoms with Gasteiger partial charge in [0.2, 0.25) is 0 Å². The highest BCUT2D eigenvalue weighted by Gasteiger charge is 2.47. The lowest BCUT2D eigenvalue weighted by molar-refractivity contribution is -0.0813. The van der Waals surface area contributed by atoms with Crippen molar-refractivity contribution in [2.75, 3.05) is 27.2 Å². The Labute approximate surface area is 135 Å². The molecule has 122 valence electrons. The first-order chi connectivity index (χ1) is 10.6. The normalized spacial score (nSPS) is 27.8. The van der Waals surface area contributed by atoms with Gasteiger partial charge in [0.1, 0.15) is 12.2 Å². The fourth-order valence-corrected chi connectivity index (χ4v) is 3.80. The van der Waals surface area contributed by atoms with Crippen molar-refractivity contribution >= 4 is 17.4 Å². The van der Waals surface area contributed by atoms with Crippen LogP contribution in [0.1, 0.15) is 23.5 Å². The Hall–Kier alpha value is -1.18. The third-order valence-corrected chi connectivity index (χ3v) is 5.04. The fraction of sp³-hybridized carbons (Fsp3) is 0.733. The van der Waals surface area contributed by atoms with Gasteiger partial charge >= 0.3 is 6.03 Å². The molecule has 3 rings (SSSR count). The summed E-state index contributed by atoms with van der Waals surface area (Å²) in [4.78, 5) is 20.3. The molecule has 2 aliphatic rings. The van der Waals surface area contributed by atoms with Crippen LogP contribution in [0.15, 0.2) is 5.38 Å². The molecular weight excluding hydrogens is 302 g/mol. The number of hydrogen-bond acceptors (Lipinski definition) is 5. The van der Waals surface area contributed by atoms with Gasteiger partial charge in [-0.1, -0.05) is 0 Å². The zero-order valence-corrected chi connectivity index (χ0v) is 14.1. The minimum atomic E-state index is -0.0730. The average Bonchev–Trinajstić information content (AvgIpc) is 3.08. The van der Waals surface area contributed by atoms with E-state index in [1.54, 1.807) is 30.3 Å². The molecule has 0 spiro atoms. The van der Waals surface area contributed by atoms with Crippen LogP contribution >= 0.6 is 11.3 Å². The number of urea groups is 1. The van der Waals surface area contributed by atoms with E-state index in [1.807, 2.05) is 17.2 Å². The molecule has 22 heavy (non-hydrogen) atoms. The van der Waals surface area contributed by atoms with Gasteiger partial charge in [-0.25, -0.2) is 9.78 Å². The Morgan fingerprint density at radius 2 is 2.41 bits per heavy atom. The summed E-state index contributed by atoms with van der Waals surface area (Å²) in [5, 5.41) is 3.06. The Kier molecular flexibility index (Phi) is 4.65. The van der Waals surface area contributed by atoms with E-state index in [0.717, 1.165) is 30.2 Å². The van der Waals surface area contributed by atoms with Gasteiger partial charge < -0.3 is 19.3 Å². The van der Waals surface area contributed by atoms with E-state index in [2.05, 4.69) is 4.98 Å². The van der Waals surface area contributed by atoms with Crippen molar-refractivity contribution in [2.24, 2.45) is 0 Å². The van der Waals surface area contributed by atoms with Crippen LogP contribution in [0.2, 0.25) is 0 Å². The van der Waals surface area contributed by atoms with E-state index in [-0.39, 0.29) is 24.3 Å². The fourth-order valence-electron chi connectivity index (χ4n) is 3.20. The lowest BCUT2D eigenvalue weighted by Gasteiger charge is -2.33. The molecule has 0 bridgehead atoms. The van der Waals surface area contributed by atoms with Crippen LogP contribution in [0.25, 0.3) is 0 Å². The Bertz CT molecular complexity index is 534. The maximum Gasteiger partial charge on any atom is 0.319 e. The molecule has 1 aromatic rings. The summed E-state index contributed by atoms with van der Waals surface area (Å²) in [5.41, 5.74) is 0.951. The molecule has 2 amide bonds. The van der Waals surface area contributed by atoms with Crippen molar-refractivity contribution in [3.05, 3.63) is 16.1 Å². The van der Waals surface area contributed by atoms with Crippen molar-refractivity contribution in [3.8, 4) is 0 Å². The third-order valence-electron chi connectivity index (χ3n) is 4.22. The van der Waals surface area contributed by atoms with Crippen molar-refractivity contribution in [3.63, 3.8) is 0 Å². The van der Waals surface area contributed by atoms with E-state index in [9.17, 15) is 4.79 Å². The molecule has 1 aromatic heterocycles. The summed E-state index contributed by atoms with van der Waals surface area (Å²) < 4.78 is 12.0. The van der Waals surface area contributed by atoms with E-state index in [0.29, 0.717) is 13.2 Å². The smallest absolute Gasteiger partial charge is 0.319 e. The van der Waals surface area contributed by atoms with E-state index in [4.69, 9.17) is 9.47 Å². The van der Waals surface area contributed by atoms with Crippen molar-refractivity contribution < 1.29 is 14.3 Å². The van der Waals surface area contributed by atoms with Gasteiger partial charge in [0, 0.05) is 26.1 Å². The number of carbonyl (C=O) groups excluding carboxylic acids is 1. The summed E-state index contributed by atoms with van der Waals surface area (Å²) in [5.74, 6) is 0. The SMILES string of the molecule is Cc1nc(CO[C@H]2CN(C(=O)N(C)C)[C@@H]3CCCO[C@H]23)cs1. The lowest BCUT2D eigenvalue weighted by atomic mass is 10.0. The quantitative estimate of drug-likeness (QED) is 0.851. The summed E-state index contributed by atoms with van der Waals surface area (Å²) in [7, 11) is 3.57. The first-order valence-electron chi connectivity index (χ1n) is 7.68. The maximum atomic E-state index is 12.4. The second-order valence-corrected chi connectivity index (χ2v) is 7.14. The van der Waals surface area contributed by atoms with E-state index >= 15 is 0 Å². The van der Waals surface area contributed by atoms with Crippen molar-refractivity contribution in [2.45, 2.75) is 44.6 Å². The molecule has 0 aliphatic carbocycles. The highest BCUT2D eigenvalue weighted by molar-refractivity contribution is 7.09. The Morgan fingerprint density at radius 3 is 3.09 bits per heavy atom. The summed E-state index contributed by atoms with van der Waals surface area (Å²) in [6.45, 7) is 3.81. The van der Waals surface area contributed by atoms with Gasteiger partial charge in [0.05, 0.1) is 29.9 Å². The van der Waals surface area contributed by atoms with Gasteiger partial charge in [-0.15, -0.1) is 11.3 Å². The Morgan fingerprint density at radius 1 is 1.59 bits per heavy atom. The molecule has 0 radical (unpaired) electrons. The monoisotopic (exact) mass is 325 g/mol. The van der Waals surface area contributed by atoms with E-state index < -0.39 is 0 Å². The topological polar surface area (TPSA) is 54.9 Å². The van der Waals surface area contributed by atoms with Crippen LogP contribution in [0.4, 0.5) is 4.79 Å². The van der Waals surface area contributed by atoms with Gasteiger partial charge in [-0.2, -0.15) is 0 Å². The molecule has 0 unspecified atom stereocenters. The summed E-state index contributed by atoms with van der Waals surface area (Å²) in [6, 6.07) is 0.168. The molecule has 2 saturated heterocycles. The summed E-state index contributed by atoms with van der Waals surface area (Å²) in [6.07, 6.45) is 1.89. The second-order valence-electron chi connectivity index (χ2n) is 6.08. The highest BCUT2D eigenvalue weighted by atomic mass is 32.1. The summed E-state index contributed by atoms with van der Waals surface area (Å²) >= 11 is 1.63. The number of rotatable bonds is 3. The standard InChI is InChI=1S/C15H23N3O3S/c1-10-16-11(9-22-10)8-21-13-7-18(15(19)17(2)3)12-5-4-6-20-14(12)13/h9,12-14H,4-8H2,1-3H3/t12-,13+,14+/m1/s1. The minimum Gasteiger partial charge on any atom is -0.373 e. The molecule has 7 heteroatoms. The number of aryl methyl sites for hydroxylation is 1. The van der Waals surface area contributed by atoms with E-state index in [1.165, 1.54) is 0 Å². The lowest BCUT2D eigenvalue weighted by Crippen LogP contribution is -2.47. The van der Waals surface area contributed by atoms with Crippen LogP contribution in [0.5, 0.6) is 0 Å². The first kappa shape index (κ1) is 15.7. The van der Waals surface area contributed by atoms with Crippen LogP contribution in [-0.4, -0.2) is 66.3 Å². The highest BCUT2D eigenvalue weighted by Crippen LogP contribution is 2.31. The molecular formula is C15H23N3O3S. The van der Waals surface area contributed by atoms with Gasteiger partial charge in [0.25, 0.3) is 0 Å². The first-order valence-corrected chi connectivity index (χ1v) is 8.56. The van der Waals surface area contributed by atoms with Crippen LogP contribution in [0, 0.1) is 6.92 Å². The predicted octanol–water partition coefficient (Wildman–Crippen LogP) is 1.88. The van der Waals surface area contributed by atoms with Gasteiger partial charge in [-0.05, 0) is 19.8 Å². The molecule has 2 fully saturated rings. The molecule has 3 heterocycles. The van der Waals surface area contributed by atoms with Gasteiger partial charge in [-0.3, -0.25) is 0 Å². The molecule has 2 aliphatic heterocycles. The Balaban J connectivity index is 1.67. The number of carbonyl (C=O) groups is 1. The zero-order chi connectivity index (χ0) is 15.7. The largest absolute Gasteiger partial charge is 0.373 e. The second kappa shape index (κ2) is 6.52. The average molecular weight is 325 g/mol.